The number of carbonyl (C=O) groups is 2. The van der Waals surface area contributed by atoms with Gasteiger partial charge in [0.1, 0.15) is 0 Å². The van der Waals surface area contributed by atoms with E-state index in [0.717, 1.165) is 24.2 Å². The molecule has 0 aliphatic rings. The van der Waals surface area contributed by atoms with Crippen molar-refractivity contribution in [3.63, 3.8) is 0 Å². The number of pyridine rings is 1. The van der Waals surface area contributed by atoms with Crippen molar-refractivity contribution in [1.29, 1.82) is 0 Å². The van der Waals surface area contributed by atoms with Crippen LogP contribution < -0.4 is 0 Å². The number of aromatic nitrogens is 1. The van der Waals surface area contributed by atoms with Crippen LogP contribution in [0.3, 0.4) is 0 Å². The van der Waals surface area contributed by atoms with Crippen LogP contribution in [-0.2, 0) is 16.1 Å². The van der Waals surface area contributed by atoms with E-state index in [1.807, 2.05) is 18.2 Å². The number of rotatable bonds is 7. The molecule has 1 aromatic carbocycles. The molecule has 9 heteroatoms. The lowest BCUT2D eigenvalue weighted by atomic mass is 10.0. The summed E-state index contributed by atoms with van der Waals surface area (Å²) < 4.78 is 31.7. The molecule has 2 N–H and O–H groups in total. The highest BCUT2D eigenvalue weighted by atomic mass is 19.4. The van der Waals surface area contributed by atoms with Crippen LogP contribution in [0.1, 0.15) is 18.9 Å². The molecule has 2 aromatic rings. The largest absolute Gasteiger partial charge is 0.490 e. The maximum atomic E-state index is 10.7. The van der Waals surface area contributed by atoms with E-state index in [4.69, 9.17) is 15.0 Å². The second kappa shape index (κ2) is 11.0. The number of carboxylic acids is 2. The number of carboxylic acid groups (broad SMARTS) is 2. The van der Waals surface area contributed by atoms with Gasteiger partial charge in [-0.25, -0.2) is 4.79 Å². The first-order valence-corrected chi connectivity index (χ1v) is 8.37. The van der Waals surface area contributed by atoms with E-state index in [2.05, 4.69) is 35.0 Å². The van der Waals surface area contributed by atoms with Crippen LogP contribution in [0.15, 0.2) is 48.8 Å². The molecule has 0 amide bonds. The molecule has 0 saturated heterocycles. The van der Waals surface area contributed by atoms with Gasteiger partial charge in [-0.1, -0.05) is 25.1 Å². The molecule has 0 unspecified atom stereocenters. The van der Waals surface area contributed by atoms with Crippen LogP contribution >= 0.6 is 0 Å². The van der Waals surface area contributed by atoms with E-state index in [-0.39, 0.29) is 6.42 Å². The van der Waals surface area contributed by atoms with Gasteiger partial charge in [-0.2, -0.15) is 13.2 Å². The predicted molar refractivity (Wildman–Crippen MR) is 96.6 cm³/mol. The molecule has 0 aliphatic heterocycles. The first-order chi connectivity index (χ1) is 13.1. The Hall–Kier alpha value is -2.94. The fraction of sp³-hybridized carbons (Fsp3) is 0.316. The van der Waals surface area contributed by atoms with Gasteiger partial charge < -0.3 is 10.2 Å². The van der Waals surface area contributed by atoms with E-state index in [9.17, 15) is 18.0 Å². The standard InChI is InChI=1S/C17H20N2O2.C2HF3O2/c1-2-19(11-8-17(20)21)13-14-4-3-5-16(12-14)15-6-9-18-10-7-15;3-2(4,5)1(6)7/h3-7,9-10,12H,2,8,11,13H2,1H3,(H,20,21);(H,6,7). The van der Waals surface area contributed by atoms with Crippen molar-refractivity contribution in [1.82, 2.24) is 9.88 Å². The lowest BCUT2D eigenvalue weighted by molar-refractivity contribution is -0.192. The molecule has 0 fully saturated rings. The van der Waals surface area contributed by atoms with Crippen molar-refractivity contribution < 1.29 is 33.0 Å². The van der Waals surface area contributed by atoms with Gasteiger partial charge in [0.15, 0.2) is 0 Å². The maximum Gasteiger partial charge on any atom is 0.490 e. The fourth-order valence-electron chi connectivity index (χ4n) is 2.25. The lowest BCUT2D eigenvalue weighted by Gasteiger charge is -2.19. The highest BCUT2D eigenvalue weighted by Crippen LogP contribution is 2.20. The van der Waals surface area contributed by atoms with E-state index in [1.165, 1.54) is 5.56 Å². The molecule has 0 aliphatic carbocycles. The summed E-state index contributed by atoms with van der Waals surface area (Å²) in [4.78, 5) is 25.7. The molecule has 1 aromatic heterocycles. The summed E-state index contributed by atoms with van der Waals surface area (Å²) in [5.74, 6) is -3.51. The Kier molecular flexibility index (Phi) is 9.10. The number of halogens is 3. The molecule has 0 spiro atoms. The van der Waals surface area contributed by atoms with Crippen molar-refractivity contribution in [3.8, 4) is 11.1 Å². The summed E-state index contributed by atoms with van der Waals surface area (Å²) in [6.07, 6.45) is -1.34. The normalized spacial score (nSPS) is 10.9. The second-order valence-corrected chi connectivity index (χ2v) is 5.75. The summed E-state index contributed by atoms with van der Waals surface area (Å²) in [5.41, 5.74) is 3.49. The van der Waals surface area contributed by atoms with Crippen LogP contribution in [0.5, 0.6) is 0 Å². The molecule has 28 heavy (non-hydrogen) atoms. The van der Waals surface area contributed by atoms with Gasteiger partial charge in [-0.15, -0.1) is 0 Å². The van der Waals surface area contributed by atoms with Crippen LogP contribution in [0, 0.1) is 0 Å². The Morgan fingerprint density at radius 2 is 1.68 bits per heavy atom. The zero-order valence-electron chi connectivity index (χ0n) is 15.2. The molecule has 0 atom stereocenters. The predicted octanol–water partition coefficient (Wildman–Crippen LogP) is 3.68. The smallest absolute Gasteiger partial charge is 0.481 e. The number of hydrogen-bond acceptors (Lipinski definition) is 4. The highest BCUT2D eigenvalue weighted by Gasteiger charge is 2.38. The monoisotopic (exact) mass is 398 g/mol. The van der Waals surface area contributed by atoms with Gasteiger partial charge in [0.25, 0.3) is 0 Å². The Balaban J connectivity index is 0.000000480. The number of hydrogen-bond donors (Lipinski definition) is 2. The third-order valence-electron chi connectivity index (χ3n) is 3.68. The third kappa shape index (κ3) is 8.63. The summed E-state index contributed by atoms with van der Waals surface area (Å²) in [6.45, 7) is 4.23. The van der Waals surface area contributed by atoms with Crippen LogP contribution in [0.4, 0.5) is 13.2 Å². The summed E-state index contributed by atoms with van der Waals surface area (Å²) in [6, 6.07) is 12.3. The van der Waals surface area contributed by atoms with Crippen LogP contribution in [-0.4, -0.2) is 51.3 Å². The summed E-state index contributed by atoms with van der Waals surface area (Å²) in [5, 5.41) is 15.9. The van der Waals surface area contributed by atoms with Crippen molar-refractivity contribution >= 4 is 11.9 Å². The lowest BCUT2D eigenvalue weighted by Crippen LogP contribution is -2.25. The molecule has 0 saturated carbocycles. The number of nitrogens with zero attached hydrogens (tertiary/aromatic N) is 2. The molecular weight excluding hydrogens is 377 g/mol. The Bertz CT molecular complexity index is 767. The van der Waals surface area contributed by atoms with Crippen molar-refractivity contribution in [2.24, 2.45) is 0 Å². The SMILES string of the molecule is CCN(CCC(=O)O)Cc1cccc(-c2ccncc2)c1.O=C(O)C(F)(F)F. The first kappa shape index (κ1) is 23.1. The molecule has 6 nitrogen and oxygen atoms in total. The average Bonchev–Trinajstić information content (AvgIpc) is 2.65. The summed E-state index contributed by atoms with van der Waals surface area (Å²) >= 11 is 0. The molecule has 0 radical (unpaired) electrons. The topological polar surface area (TPSA) is 90.7 Å². The molecule has 1 heterocycles. The van der Waals surface area contributed by atoms with Gasteiger partial charge in [-0.05, 0) is 41.4 Å². The molecule has 2 rings (SSSR count). The number of aliphatic carboxylic acids is 2. The fourth-order valence-corrected chi connectivity index (χ4v) is 2.25. The zero-order chi connectivity index (χ0) is 21.2. The van der Waals surface area contributed by atoms with Gasteiger partial charge >= 0.3 is 18.1 Å². The molecule has 152 valence electrons. The minimum Gasteiger partial charge on any atom is -0.481 e. The average molecular weight is 398 g/mol. The quantitative estimate of drug-likeness (QED) is 0.740. The van der Waals surface area contributed by atoms with E-state index >= 15 is 0 Å². The highest BCUT2D eigenvalue weighted by molar-refractivity contribution is 5.73. The van der Waals surface area contributed by atoms with Crippen molar-refractivity contribution in [2.75, 3.05) is 13.1 Å². The van der Waals surface area contributed by atoms with Crippen molar-refractivity contribution in [3.05, 3.63) is 54.4 Å². The second-order valence-electron chi connectivity index (χ2n) is 5.75. The van der Waals surface area contributed by atoms with Gasteiger partial charge in [0.2, 0.25) is 0 Å². The van der Waals surface area contributed by atoms with E-state index in [0.29, 0.717) is 6.54 Å². The number of alkyl halides is 3. The van der Waals surface area contributed by atoms with Gasteiger partial charge in [0, 0.05) is 25.5 Å². The Labute approximate surface area is 160 Å². The zero-order valence-corrected chi connectivity index (χ0v) is 15.2. The Morgan fingerprint density at radius 1 is 1.07 bits per heavy atom. The molecular formula is C19H21F3N2O4. The number of benzene rings is 1. The maximum absolute atomic E-state index is 10.7. The van der Waals surface area contributed by atoms with E-state index in [1.54, 1.807) is 12.4 Å². The minimum absolute atomic E-state index is 0.178. The van der Waals surface area contributed by atoms with Crippen LogP contribution in [0.25, 0.3) is 11.1 Å². The van der Waals surface area contributed by atoms with Gasteiger partial charge in [0.05, 0.1) is 6.42 Å². The first-order valence-electron chi connectivity index (χ1n) is 8.37. The van der Waals surface area contributed by atoms with Crippen molar-refractivity contribution in [2.45, 2.75) is 26.1 Å². The van der Waals surface area contributed by atoms with Crippen LogP contribution in [0.2, 0.25) is 0 Å². The van der Waals surface area contributed by atoms with Gasteiger partial charge in [-0.3, -0.25) is 14.7 Å². The summed E-state index contributed by atoms with van der Waals surface area (Å²) in [7, 11) is 0. The minimum atomic E-state index is -5.08. The van der Waals surface area contributed by atoms with E-state index < -0.39 is 18.1 Å². The third-order valence-corrected chi connectivity index (χ3v) is 3.68. The molecule has 0 bridgehead atoms. The Morgan fingerprint density at radius 3 is 2.18 bits per heavy atom.